The van der Waals surface area contributed by atoms with Crippen LogP contribution < -0.4 is 5.73 Å². The van der Waals surface area contributed by atoms with E-state index in [1.54, 1.807) is 0 Å². The summed E-state index contributed by atoms with van der Waals surface area (Å²) in [6.07, 6.45) is -0.375. The number of aliphatic hydroxyl groups excluding tert-OH is 1. The molecule has 0 amide bonds. The molecule has 0 heterocycles. The lowest BCUT2D eigenvalue weighted by Crippen LogP contribution is -2.30. The molecule has 0 aliphatic heterocycles. The topological polar surface area (TPSA) is 101 Å². The van der Waals surface area contributed by atoms with Crippen LogP contribution in [0.15, 0.2) is 0 Å². The van der Waals surface area contributed by atoms with Gasteiger partial charge in [0.15, 0.2) is 0 Å². The van der Waals surface area contributed by atoms with Crippen LogP contribution in [-0.4, -0.2) is 34.1 Å². The van der Waals surface area contributed by atoms with E-state index in [4.69, 9.17) is 15.9 Å². The molecular weight excluding hydrogens is 174 g/mol. The van der Waals surface area contributed by atoms with E-state index in [0.29, 0.717) is 0 Å². The average Bonchev–Trinajstić information content (AvgIpc) is 1.98. The second kappa shape index (κ2) is 5.66. The molecule has 0 aromatic carbocycles. The SMILES string of the molecule is CC(O)CC(=O)CCC(N)C(=O)O. The molecule has 0 aromatic heterocycles. The predicted octanol–water partition coefficient (Wildman–Crippen LogP) is -0.481. The number of carbonyl (C=O) groups is 2. The molecule has 0 aliphatic rings. The Kier molecular flexibility index (Phi) is 5.25. The number of hydrogen-bond donors (Lipinski definition) is 3. The molecular formula is C8H15NO4. The summed E-state index contributed by atoms with van der Waals surface area (Å²) >= 11 is 0. The van der Waals surface area contributed by atoms with E-state index in [1.807, 2.05) is 0 Å². The van der Waals surface area contributed by atoms with Crippen molar-refractivity contribution in [1.29, 1.82) is 0 Å². The van der Waals surface area contributed by atoms with Gasteiger partial charge in [-0.15, -0.1) is 0 Å². The van der Waals surface area contributed by atoms with Crippen LogP contribution >= 0.6 is 0 Å². The first-order valence-electron chi connectivity index (χ1n) is 4.11. The average molecular weight is 189 g/mol. The summed E-state index contributed by atoms with van der Waals surface area (Å²) in [5.41, 5.74) is 5.18. The summed E-state index contributed by atoms with van der Waals surface area (Å²) in [5.74, 6) is -1.27. The molecule has 5 nitrogen and oxygen atoms in total. The maximum Gasteiger partial charge on any atom is 0.320 e. The second-order valence-corrected chi connectivity index (χ2v) is 3.08. The quantitative estimate of drug-likeness (QED) is 0.524. The Morgan fingerprint density at radius 3 is 2.38 bits per heavy atom. The highest BCUT2D eigenvalue weighted by molar-refractivity contribution is 5.80. The molecule has 2 atom stereocenters. The molecule has 13 heavy (non-hydrogen) atoms. The molecule has 5 heteroatoms. The highest BCUT2D eigenvalue weighted by Gasteiger charge is 2.14. The van der Waals surface area contributed by atoms with E-state index in [9.17, 15) is 9.59 Å². The van der Waals surface area contributed by atoms with Crippen molar-refractivity contribution in [2.45, 2.75) is 38.3 Å². The molecule has 0 saturated carbocycles. The molecule has 0 spiro atoms. The van der Waals surface area contributed by atoms with Crippen molar-refractivity contribution in [3.8, 4) is 0 Å². The van der Waals surface area contributed by atoms with Gasteiger partial charge in [0.25, 0.3) is 0 Å². The highest BCUT2D eigenvalue weighted by atomic mass is 16.4. The first kappa shape index (κ1) is 12.1. The number of hydrogen-bond acceptors (Lipinski definition) is 4. The number of rotatable bonds is 6. The second-order valence-electron chi connectivity index (χ2n) is 3.08. The van der Waals surface area contributed by atoms with Gasteiger partial charge >= 0.3 is 5.97 Å². The monoisotopic (exact) mass is 189 g/mol. The summed E-state index contributed by atoms with van der Waals surface area (Å²) in [5, 5.41) is 17.2. The third-order valence-corrected chi connectivity index (χ3v) is 1.57. The minimum Gasteiger partial charge on any atom is -0.480 e. The van der Waals surface area contributed by atoms with Crippen LogP contribution in [0.2, 0.25) is 0 Å². The predicted molar refractivity (Wildman–Crippen MR) is 46.2 cm³/mol. The fourth-order valence-electron chi connectivity index (χ4n) is 0.872. The van der Waals surface area contributed by atoms with Crippen molar-refractivity contribution in [2.75, 3.05) is 0 Å². The molecule has 0 aromatic rings. The summed E-state index contributed by atoms with van der Waals surface area (Å²) < 4.78 is 0. The maximum absolute atomic E-state index is 11.0. The van der Waals surface area contributed by atoms with Crippen molar-refractivity contribution in [3.05, 3.63) is 0 Å². The first-order valence-corrected chi connectivity index (χ1v) is 4.11. The third-order valence-electron chi connectivity index (χ3n) is 1.57. The molecule has 0 aliphatic carbocycles. The van der Waals surface area contributed by atoms with Gasteiger partial charge < -0.3 is 15.9 Å². The zero-order chi connectivity index (χ0) is 10.4. The number of nitrogens with two attached hydrogens (primary N) is 1. The van der Waals surface area contributed by atoms with Crippen molar-refractivity contribution in [1.82, 2.24) is 0 Å². The van der Waals surface area contributed by atoms with Gasteiger partial charge in [-0.2, -0.15) is 0 Å². The van der Waals surface area contributed by atoms with Gasteiger partial charge in [0, 0.05) is 12.8 Å². The van der Waals surface area contributed by atoms with Crippen molar-refractivity contribution in [2.24, 2.45) is 5.73 Å². The maximum atomic E-state index is 11.0. The Bertz CT molecular complexity index is 191. The molecule has 0 saturated heterocycles. The van der Waals surface area contributed by atoms with Crippen LogP contribution in [0.25, 0.3) is 0 Å². The number of aliphatic carboxylic acids is 1. The summed E-state index contributed by atoms with van der Waals surface area (Å²) in [6.45, 7) is 1.51. The number of aliphatic hydroxyl groups is 1. The van der Waals surface area contributed by atoms with E-state index in [0.717, 1.165) is 0 Å². The molecule has 0 radical (unpaired) electrons. The fourth-order valence-corrected chi connectivity index (χ4v) is 0.872. The molecule has 0 rings (SSSR count). The van der Waals surface area contributed by atoms with Crippen LogP contribution in [0.5, 0.6) is 0 Å². The van der Waals surface area contributed by atoms with E-state index in [1.165, 1.54) is 6.92 Å². The lowest BCUT2D eigenvalue weighted by Gasteiger charge is -2.06. The lowest BCUT2D eigenvalue weighted by atomic mass is 10.1. The Labute approximate surface area is 76.5 Å². The van der Waals surface area contributed by atoms with Crippen LogP contribution in [0.1, 0.15) is 26.2 Å². The molecule has 4 N–H and O–H groups in total. The normalized spacial score (nSPS) is 15.0. The molecule has 76 valence electrons. The van der Waals surface area contributed by atoms with Crippen molar-refractivity contribution in [3.63, 3.8) is 0 Å². The number of ketones is 1. The lowest BCUT2D eigenvalue weighted by molar-refractivity contribution is -0.138. The number of carbonyl (C=O) groups excluding carboxylic acids is 1. The third kappa shape index (κ3) is 6.24. The first-order chi connectivity index (χ1) is 5.93. The summed E-state index contributed by atoms with van der Waals surface area (Å²) in [7, 11) is 0. The zero-order valence-corrected chi connectivity index (χ0v) is 7.56. The van der Waals surface area contributed by atoms with Gasteiger partial charge in [0.05, 0.1) is 6.10 Å². The minimum absolute atomic E-state index is 0.0618. The molecule has 0 bridgehead atoms. The van der Waals surface area contributed by atoms with Gasteiger partial charge in [-0.05, 0) is 13.3 Å². The fraction of sp³-hybridized carbons (Fsp3) is 0.750. The number of carboxylic acids is 1. The van der Waals surface area contributed by atoms with Gasteiger partial charge in [0.2, 0.25) is 0 Å². The minimum atomic E-state index is -1.11. The van der Waals surface area contributed by atoms with Crippen LogP contribution in [-0.2, 0) is 9.59 Å². The standard InChI is InChI=1S/C8H15NO4/c1-5(10)4-6(11)2-3-7(9)8(12)13/h5,7,10H,2-4,9H2,1H3,(H,12,13). The van der Waals surface area contributed by atoms with Gasteiger partial charge in [-0.25, -0.2) is 0 Å². The van der Waals surface area contributed by atoms with E-state index in [2.05, 4.69) is 0 Å². The van der Waals surface area contributed by atoms with Crippen LogP contribution in [0.3, 0.4) is 0 Å². The zero-order valence-electron chi connectivity index (χ0n) is 7.56. The van der Waals surface area contributed by atoms with Gasteiger partial charge in [-0.3, -0.25) is 9.59 Å². The van der Waals surface area contributed by atoms with Crippen molar-refractivity contribution >= 4 is 11.8 Å². The Balaban J connectivity index is 3.64. The van der Waals surface area contributed by atoms with E-state index < -0.39 is 18.1 Å². The summed E-state index contributed by atoms with van der Waals surface area (Å²) in [6, 6.07) is -0.988. The van der Waals surface area contributed by atoms with Crippen LogP contribution in [0, 0.1) is 0 Å². The van der Waals surface area contributed by atoms with Crippen molar-refractivity contribution < 1.29 is 19.8 Å². The van der Waals surface area contributed by atoms with E-state index >= 15 is 0 Å². The van der Waals surface area contributed by atoms with Crippen LogP contribution in [0.4, 0.5) is 0 Å². The summed E-state index contributed by atoms with van der Waals surface area (Å²) in [4.78, 5) is 21.2. The largest absolute Gasteiger partial charge is 0.480 e. The number of Topliss-reactive ketones (excluding diaryl/α,β-unsaturated/α-hetero) is 1. The molecule has 0 fully saturated rings. The Morgan fingerprint density at radius 2 is 2.00 bits per heavy atom. The Hall–Kier alpha value is -0.940. The Morgan fingerprint density at radius 1 is 1.46 bits per heavy atom. The van der Waals surface area contributed by atoms with Gasteiger partial charge in [-0.1, -0.05) is 0 Å². The highest BCUT2D eigenvalue weighted by Crippen LogP contribution is 2.01. The number of carboxylic acid groups (broad SMARTS) is 1. The smallest absolute Gasteiger partial charge is 0.320 e. The van der Waals surface area contributed by atoms with Gasteiger partial charge in [0.1, 0.15) is 11.8 Å². The van der Waals surface area contributed by atoms with E-state index in [-0.39, 0.29) is 25.0 Å². The molecule has 2 unspecified atom stereocenters.